The van der Waals surface area contributed by atoms with Crippen molar-refractivity contribution < 1.29 is 4.74 Å². The van der Waals surface area contributed by atoms with Crippen LogP contribution in [0.3, 0.4) is 0 Å². The number of ether oxygens (including phenoxy) is 1. The van der Waals surface area contributed by atoms with E-state index in [2.05, 4.69) is 24.3 Å². The lowest BCUT2D eigenvalue weighted by Gasteiger charge is -2.16. The summed E-state index contributed by atoms with van der Waals surface area (Å²) in [7, 11) is 0. The van der Waals surface area contributed by atoms with Crippen LogP contribution < -0.4 is 0 Å². The normalized spacial score (nSPS) is 28.3. The molecule has 1 nitrogen and oxygen atoms in total. The molecule has 1 atom stereocenters. The van der Waals surface area contributed by atoms with Crippen LogP contribution in [0.15, 0.2) is 36.1 Å². The van der Waals surface area contributed by atoms with E-state index in [1.54, 1.807) is 0 Å². The Bertz CT molecular complexity index is 273. The molecule has 0 heterocycles. The van der Waals surface area contributed by atoms with Gasteiger partial charge in [0.25, 0.3) is 0 Å². The van der Waals surface area contributed by atoms with E-state index in [4.69, 9.17) is 4.74 Å². The summed E-state index contributed by atoms with van der Waals surface area (Å²) in [4.78, 5) is 0. The van der Waals surface area contributed by atoms with Gasteiger partial charge < -0.3 is 4.74 Å². The molecule has 0 aliphatic heterocycles. The molecule has 0 aromatic heterocycles. The summed E-state index contributed by atoms with van der Waals surface area (Å²) in [5.74, 6) is 0.648. The molecule has 2 aliphatic rings. The fraction of sp³-hybridized carbons (Fsp3) is 0.571. The van der Waals surface area contributed by atoms with Crippen molar-refractivity contribution in [3.05, 3.63) is 36.1 Å². The van der Waals surface area contributed by atoms with E-state index in [1.165, 1.54) is 37.7 Å². The number of rotatable bonds is 3. The van der Waals surface area contributed by atoms with Crippen LogP contribution in [0.2, 0.25) is 0 Å². The highest BCUT2D eigenvalue weighted by Crippen LogP contribution is 2.19. The lowest BCUT2D eigenvalue weighted by molar-refractivity contribution is 0.203. The third-order valence-corrected chi connectivity index (χ3v) is 3.09. The van der Waals surface area contributed by atoms with Crippen molar-refractivity contribution >= 4 is 0 Å². The lowest BCUT2D eigenvalue weighted by atomic mass is 9.97. The molecule has 0 amide bonds. The molecule has 0 aromatic rings. The van der Waals surface area contributed by atoms with E-state index < -0.39 is 0 Å². The van der Waals surface area contributed by atoms with Crippen LogP contribution in [0.1, 0.15) is 38.5 Å². The molecular weight excluding hydrogens is 184 g/mol. The summed E-state index contributed by atoms with van der Waals surface area (Å²) in [6.07, 6.45) is 18.4. The highest BCUT2D eigenvalue weighted by atomic mass is 16.5. The van der Waals surface area contributed by atoms with Gasteiger partial charge in [-0.3, -0.25) is 0 Å². The smallest absolute Gasteiger partial charge is 0.0935 e. The van der Waals surface area contributed by atoms with E-state index in [1.807, 2.05) is 6.26 Å². The quantitative estimate of drug-likeness (QED) is 0.499. The van der Waals surface area contributed by atoms with Crippen molar-refractivity contribution in [2.75, 3.05) is 6.61 Å². The lowest BCUT2D eigenvalue weighted by Crippen LogP contribution is -2.07. The van der Waals surface area contributed by atoms with Crippen LogP contribution in [0.25, 0.3) is 0 Å². The average Bonchev–Trinajstić information content (AvgIpc) is 2.32. The molecule has 0 saturated heterocycles. The largest absolute Gasteiger partial charge is 0.501 e. The van der Waals surface area contributed by atoms with E-state index in [0.717, 1.165) is 13.0 Å². The molecule has 1 unspecified atom stereocenters. The molecule has 0 aromatic carbocycles. The fourth-order valence-electron chi connectivity index (χ4n) is 2.14. The molecule has 0 spiro atoms. The average molecular weight is 204 g/mol. The Kier molecular flexibility index (Phi) is 4.07. The maximum absolute atomic E-state index is 5.67. The van der Waals surface area contributed by atoms with Gasteiger partial charge in [0.15, 0.2) is 0 Å². The zero-order chi connectivity index (χ0) is 10.3. The maximum Gasteiger partial charge on any atom is 0.0935 e. The van der Waals surface area contributed by atoms with Gasteiger partial charge in [-0.1, -0.05) is 24.3 Å². The van der Waals surface area contributed by atoms with Crippen molar-refractivity contribution in [3.63, 3.8) is 0 Å². The Morgan fingerprint density at radius 3 is 3.00 bits per heavy atom. The summed E-state index contributed by atoms with van der Waals surface area (Å²) < 4.78 is 5.67. The van der Waals surface area contributed by atoms with Crippen molar-refractivity contribution in [2.45, 2.75) is 38.5 Å². The van der Waals surface area contributed by atoms with Crippen LogP contribution in [-0.2, 0) is 4.74 Å². The fourth-order valence-corrected chi connectivity index (χ4v) is 2.14. The van der Waals surface area contributed by atoms with Crippen LogP contribution in [-0.4, -0.2) is 6.61 Å². The van der Waals surface area contributed by atoms with Gasteiger partial charge in [0, 0.05) is 5.92 Å². The van der Waals surface area contributed by atoms with Gasteiger partial charge in [-0.05, 0) is 44.1 Å². The van der Waals surface area contributed by atoms with E-state index in [0.29, 0.717) is 5.92 Å². The SMILES string of the molecule is C1=CC(CO/C=C2/CC=CCC2)CCC1. The topological polar surface area (TPSA) is 9.23 Å². The predicted molar refractivity (Wildman–Crippen MR) is 63.5 cm³/mol. The first-order valence-corrected chi connectivity index (χ1v) is 6.06. The Balaban J connectivity index is 1.71. The summed E-state index contributed by atoms with van der Waals surface area (Å²) in [6.45, 7) is 0.865. The number of hydrogen-bond acceptors (Lipinski definition) is 1. The van der Waals surface area contributed by atoms with Gasteiger partial charge in [-0.25, -0.2) is 0 Å². The maximum atomic E-state index is 5.67. The van der Waals surface area contributed by atoms with Crippen molar-refractivity contribution in [2.24, 2.45) is 5.92 Å². The van der Waals surface area contributed by atoms with Gasteiger partial charge in [0.2, 0.25) is 0 Å². The van der Waals surface area contributed by atoms with E-state index in [-0.39, 0.29) is 0 Å². The minimum Gasteiger partial charge on any atom is -0.501 e. The number of allylic oxidation sites excluding steroid dienone is 4. The first-order valence-electron chi connectivity index (χ1n) is 6.06. The molecular formula is C14H20O. The monoisotopic (exact) mass is 204 g/mol. The zero-order valence-corrected chi connectivity index (χ0v) is 9.32. The second-order valence-corrected chi connectivity index (χ2v) is 4.44. The molecule has 0 bridgehead atoms. The Hall–Kier alpha value is -0.980. The molecule has 1 heteroatoms. The minimum absolute atomic E-state index is 0.648. The highest BCUT2D eigenvalue weighted by Gasteiger charge is 2.08. The number of hydrogen-bond donors (Lipinski definition) is 0. The molecule has 0 radical (unpaired) electrons. The summed E-state index contributed by atoms with van der Waals surface area (Å²) >= 11 is 0. The van der Waals surface area contributed by atoms with E-state index >= 15 is 0 Å². The van der Waals surface area contributed by atoms with Crippen molar-refractivity contribution in [1.29, 1.82) is 0 Å². The molecule has 0 fully saturated rings. The highest BCUT2D eigenvalue weighted by molar-refractivity contribution is 5.10. The summed E-state index contributed by atoms with van der Waals surface area (Å²) in [6, 6.07) is 0. The van der Waals surface area contributed by atoms with Gasteiger partial charge in [-0.2, -0.15) is 0 Å². The second kappa shape index (κ2) is 5.79. The zero-order valence-electron chi connectivity index (χ0n) is 9.32. The van der Waals surface area contributed by atoms with Crippen LogP contribution >= 0.6 is 0 Å². The minimum atomic E-state index is 0.648. The Labute approximate surface area is 92.5 Å². The Morgan fingerprint density at radius 1 is 1.27 bits per heavy atom. The van der Waals surface area contributed by atoms with Crippen molar-refractivity contribution in [3.8, 4) is 0 Å². The molecule has 82 valence electrons. The van der Waals surface area contributed by atoms with Crippen LogP contribution in [0.5, 0.6) is 0 Å². The van der Waals surface area contributed by atoms with Crippen molar-refractivity contribution in [1.82, 2.24) is 0 Å². The van der Waals surface area contributed by atoms with Gasteiger partial charge >= 0.3 is 0 Å². The third-order valence-electron chi connectivity index (χ3n) is 3.09. The first kappa shape index (κ1) is 10.5. The Morgan fingerprint density at radius 2 is 2.27 bits per heavy atom. The summed E-state index contributed by atoms with van der Waals surface area (Å²) in [5, 5.41) is 0. The van der Waals surface area contributed by atoms with Gasteiger partial charge in [0.1, 0.15) is 0 Å². The summed E-state index contributed by atoms with van der Waals surface area (Å²) in [5.41, 5.74) is 1.44. The van der Waals surface area contributed by atoms with Gasteiger partial charge in [-0.15, -0.1) is 0 Å². The second-order valence-electron chi connectivity index (χ2n) is 4.44. The first-order chi connectivity index (χ1) is 7.45. The van der Waals surface area contributed by atoms with Gasteiger partial charge in [0.05, 0.1) is 12.9 Å². The third kappa shape index (κ3) is 3.58. The predicted octanol–water partition coefficient (Wildman–Crippen LogP) is 3.98. The molecule has 0 saturated carbocycles. The molecule has 0 N–H and O–H groups in total. The molecule has 2 aliphatic carbocycles. The standard InChI is InChI=1S/C14H20O/c1-3-7-13(8-4-1)11-15-12-14-9-5-2-6-10-14/h1,3,5,9,11,14H,2,4,6-8,10,12H2/b13-11-. The van der Waals surface area contributed by atoms with E-state index in [9.17, 15) is 0 Å². The van der Waals surface area contributed by atoms with Crippen LogP contribution in [0, 0.1) is 5.92 Å². The molecule has 2 rings (SSSR count). The molecule has 15 heavy (non-hydrogen) atoms. The van der Waals surface area contributed by atoms with Crippen LogP contribution in [0.4, 0.5) is 0 Å².